The SMILES string of the molecule is OCC(O)C(O)P(S)S. The lowest BCUT2D eigenvalue weighted by atomic mass is 10.4. The molecule has 2 unspecified atom stereocenters. The zero-order valence-electron chi connectivity index (χ0n) is 4.55. The van der Waals surface area contributed by atoms with Gasteiger partial charge in [0.15, 0.2) is 0 Å². The zero-order valence-corrected chi connectivity index (χ0v) is 7.23. The topological polar surface area (TPSA) is 60.7 Å². The zero-order chi connectivity index (χ0) is 7.44. The number of thiol groups is 2. The molecule has 0 aliphatic heterocycles. The van der Waals surface area contributed by atoms with Crippen molar-refractivity contribution >= 4 is 30.8 Å². The van der Waals surface area contributed by atoms with E-state index >= 15 is 0 Å². The van der Waals surface area contributed by atoms with Gasteiger partial charge < -0.3 is 15.3 Å². The van der Waals surface area contributed by atoms with Crippen LogP contribution in [0.5, 0.6) is 0 Å². The molecular weight excluding hydrogens is 179 g/mol. The molecule has 3 nitrogen and oxygen atoms in total. The largest absolute Gasteiger partial charge is 0.394 e. The maximum absolute atomic E-state index is 8.86. The molecular formula is C3H9O3PS2. The molecule has 0 aromatic carbocycles. The summed E-state index contributed by atoms with van der Waals surface area (Å²) in [6.07, 6.45) is -2.29. The Balaban J connectivity index is 3.58. The van der Waals surface area contributed by atoms with E-state index in [0.717, 1.165) is 0 Å². The molecule has 2 atom stereocenters. The molecule has 0 bridgehead atoms. The average molecular weight is 188 g/mol. The number of hydrogen-bond donors (Lipinski definition) is 5. The molecule has 56 valence electrons. The fourth-order valence-electron chi connectivity index (χ4n) is 0.248. The fourth-order valence-corrected chi connectivity index (χ4v) is 1.57. The van der Waals surface area contributed by atoms with Crippen molar-refractivity contribution in [1.29, 1.82) is 0 Å². The molecule has 0 heterocycles. The van der Waals surface area contributed by atoms with Crippen LogP contribution in [0.15, 0.2) is 0 Å². The number of hydrogen-bond acceptors (Lipinski definition) is 5. The Labute approximate surface area is 65.2 Å². The Hall–Kier alpha value is 1.01. The van der Waals surface area contributed by atoms with Crippen molar-refractivity contribution in [1.82, 2.24) is 0 Å². The number of rotatable bonds is 3. The molecule has 0 fully saturated rings. The third-order valence-corrected chi connectivity index (χ3v) is 3.00. The van der Waals surface area contributed by atoms with E-state index in [1.165, 1.54) is 0 Å². The van der Waals surface area contributed by atoms with Crippen molar-refractivity contribution in [3.05, 3.63) is 0 Å². The van der Waals surface area contributed by atoms with Crippen LogP contribution < -0.4 is 0 Å². The summed E-state index contributed by atoms with van der Waals surface area (Å²) in [5.74, 6) is -1.02. The van der Waals surface area contributed by atoms with Gasteiger partial charge >= 0.3 is 0 Å². The quantitative estimate of drug-likeness (QED) is 0.316. The summed E-state index contributed by atoms with van der Waals surface area (Å²) in [6, 6.07) is 0. The first-order valence-electron chi connectivity index (χ1n) is 2.23. The second kappa shape index (κ2) is 4.77. The first kappa shape index (κ1) is 10.0. The van der Waals surface area contributed by atoms with Crippen molar-refractivity contribution in [3.8, 4) is 0 Å². The van der Waals surface area contributed by atoms with E-state index in [-0.39, 0.29) is 0 Å². The number of aliphatic hydroxyl groups excluding tert-OH is 3. The van der Waals surface area contributed by atoms with Gasteiger partial charge in [-0.2, -0.15) is 0 Å². The van der Waals surface area contributed by atoms with E-state index in [4.69, 9.17) is 15.3 Å². The van der Waals surface area contributed by atoms with E-state index < -0.39 is 24.9 Å². The van der Waals surface area contributed by atoms with Crippen LogP contribution in [0.3, 0.4) is 0 Å². The third-order valence-electron chi connectivity index (χ3n) is 0.768. The van der Waals surface area contributed by atoms with E-state index in [2.05, 4.69) is 24.5 Å². The summed E-state index contributed by atoms with van der Waals surface area (Å²) in [7, 11) is 0. The van der Waals surface area contributed by atoms with E-state index in [0.29, 0.717) is 0 Å². The molecule has 0 aromatic rings. The molecule has 0 aliphatic rings. The highest BCUT2D eigenvalue weighted by Crippen LogP contribution is 2.50. The Morgan fingerprint density at radius 1 is 1.33 bits per heavy atom. The van der Waals surface area contributed by atoms with E-state index in [1.807, 2.05) is 0 Å². The molecule has 9 heavy (non-hydrogen) atoms. The minimum Gasteiger partial charge on any atom is -0.394 e. The van der Waals surface area contributed by atoms with E-state index in [1.54, 1.807) is 0 Å². The molecule has 0 saturated carbocycles. The highest BCUT2D eigenvalue weighted by atomic mass is 33.1. The van der Waals surface area contributed by atoms with Gasteiger partial charge in [0.1, 0.15) is 11.9 Å². The normalized spacial score (nSPS) is 18.0. The van der Waals surface area contributed by atoms with Gasteiger partial charge in [0.05, 0.1) is 6.61 Å². The van der Waals surface area contributed by atoms with Gasteiger partial charge in [-0.25, -0.2) is 0 Å². The van der Waals surface area contributed by atoms with Crippen LogP contribution in [-0.4, -0.2) is 33.9 Å². The molecule has 0 amide bonds. The van der Waals surface area contributed by atoms with E-state index in [9.17, 15) is 0 Å². The minimum atomic E-state index is -1.17. The van der Waals surface area contributed by atoms with Crippen LogP contribution in [0.4, 0.5) is 0 Å². The minimum absolute atomic E-state index is 0.457. The van der Waals surface area contributed by atoms with Crippen LogP contribution in [-0.2, 0) is 0 Å². The Morgan fingerprint density at radius 2 is 1.78 bits per heavy atom. The van der Waals surface area contributed by atoms with Crippen molar-refractivity contribution in [3.63, 3.8) is 0 Å². The third kappa shape index (κ3) is 3.65. The predicted molar refractivity (Wildman–Crippen MR) is 44.0 cm³/mol. The monoisotopic (exact) mass is 188 g/mol. The second-order valence-electron chi connectivity index (χ2n) is 1.48. The highest BCUT2D eigenvalue weighted by molar-refractivity contribution is 8.78. The lowest BCUT2D eigenvalue weighted by molar-refractivity contribution is 0.0273. The molecule has 0 saturated heterocycles. The molecule has 0 spiro atoms. The van der Waals surface area contributed by atoms with Gasteiger partial charge in [-0.1, -0.05) is 0 Å². The predicted octanol–water partition coefficient (Wildman–Crippen LogP) is -0.170. The molecule has 3 N–H and O–H groups in total. The smallest absolute Gasteiger partial charge is 0.120 e. The van der Waals surface area contributed by atoms with Gasteiger partial charge in [0, 0.05) is 6.33 Å². The standard InChI is InChI=1S/C3H9O3PS2/c4-1-2(5)3(6)7(8)9/h2-6,8-9H,1H2. The van der Waals surface area contributed by atoms with Crippen molar-refractivity contribution in [2.45, 2.75) is 11.9 Å². The van der Waals surface area contributed by atoms with Crippen LogP contribution in [0.2, 0.25) is 0 Å². The van der Waals surface area contributed by atoms with Gasteiger partial charge in [-0.15, -0.1) is 24.5 Å². The summed E-state index contributed by atoms with van der Waals surface area (Å²) in [4.78, 5) is 0. The van der Waals surface area contributed by atoms with Crippen molar-refractivity contribution in [2.24, 2.45) is 0 Å². The summed E-state index contributed by atoms with van der Waals surface area (Å²) in [6.45, 7) is -0.457. The summed E-state index contributed by atoms with van der Waals surface area (Å²) in [5, 5.41) is 25.9. The van der Waals surface area contributed by atoms with Gasteiger partial charge in [-0.05, 0) is 0 Å². The Kier molecular flexibility index (Phi) is 5.30. The van der Waals surface area contributed by atoms with Gasteiger partial charge in [-0.3, -0.25) is 0 Å². The Bertz CT molecular complexity index is 81.5. The maximum atomic E-state index is 8.86. The molecule has 0 rings (SSSR count). The van der Waals surface area contributed by atoms with Crippen LogP contribution >= 0.6 is 30.8 Å². The maximum Gasteiger partial charge on any atom is 0.120 e. The fraction of sp³-hybridized carbons (Fsp3) is 1.00. The summed E-state index contributed by atoms with van der Waals surface area (Å²) < 4.78 is 0. The van der Waals surface area contributed by atoms with Crippen LogP contribution in [0.1, 0.15) is 0 Å². The van der Waals surface area contributed by atoms with Gasteiger partial charge in [0.25, 0.3) is 0 Å². The van der Waals surface area contributed by atoms with Crippen molar-refractivity contribution < 1.29 is 15.3 Å². The lowest BCUT2D eigenvalue weighted by Gasteiger charge is -2.16. The Morgan fingerprint density at radius 3 is 1.89 bits per heavy atom. The van der Waals surface area contributed by atoms with Crippen LogP contribution in [0, 0.1) is 0 Å². The van der Waals surface area contributed by atoms with Gasteiger partial charge in [0.2, 0.25) is 0 Å². The lowest BCUT2D eigenvalue weighted by Crippen LogP contribution is -2.25. The summed E-state index contributed by atoms with van der Waals surface area (Å²) in [5.41, 5.74) is 0. The van der Waals surface area contributed by atoms with Crippen LogP contribution in [0.25, 0.3) is 0 Å². The molecule has 6 heteroatoms. The summed E-state index contributed by atoms with van der Waals surface area (Å²) >= 11 is 7.59. The number of aliphatic hydroxyl groups is 3. The first-order chi connectivity index (χ1) is 4.09. The molecule has 0 radical (unpaired) electrons. The first-order valence-corrected chi connectivity index (χ1v) is 5.95. The van der Waals surface area contributed by atoms with Crippen molar-refractivity contribution in [2.75, 3.05) is 6.61 Å². The molecule has 0 aliphatic carbocycles. The highest BCUT2D eigenvalue weighted by Gasteiger charge is 2.19. The average Bonchev–Trinajstić information content (AvgIpc) is 1.84. The second-order valence-corrected chi connectivity index (χ2v) is 6.19. The molecule has 0 aromatic heterocycles.